The van der Waals surface area contributed by atoms with Crippen molar-refractivity contribution in [2.24, 2.45) is 16.6 Å². The number of ether oxygens (including phenoxy) is 1. The van der Waals surface area contributed by atoms with Gasteiger partial charge in [-0.3, -0.25) is 4.79 Å². The maximum absolute atomic E-state index is 11.2. The summed E-state index contributed by atoms with van der Waals surface area (Å²) in [5, 5.41) is 6.70. The van der Waals surface area contributed by atoms with Gasteiger partial charge in [-0.15, -0.1) is 24.0 Å². The minimum absolute atomic E-state index is 0. The molecule has 0 aromatic heterocycles. The van der Waals surface area contributed by atoms with Crippen molar-refractivity contribution < 1.29 is 9.53 Å². The number of amides is 1. The molecule has 164 valence electrons. The van der Waals surface area contributed by atoms with E-state index in [9.17, 15) is 4.79 Å². The number of methoxy groups -OCH3 is 1. The Balaban J connectivity index is 0.00000420. The van der Waals surface area contributed by atoms with Crippen LogP contribution in [0.1, 0.15) is 38.2 Å². The number of carbonyl (C=O) groups excluding carboxylic acids is 1. The summed E-state index contributed by atoms with van der Waals surface area (Å²) in [5.41, 5.74) is 6.51. The lowest BCUT2D eigenvalue weighted by molar-refractivity contribution is -0.123. The number of hydrogen-bond donors (Lipinski definition) is 3. The number of piperidine rings is 1. The van der Waals surface area contributed by atoms with Crippen LogP contribution in [0, 0.1) is 5.92 Å². The minimum Gasteiger partial charge on any atom is -0.497 e. The molecule has 1 aliphatic heterocycles. The summed E-state index contributed by atoms with van der Waals surface area (Å²) in [6, 6.07) is 7.98. The van der Waals surface area contributed by atoms with E-state index in [1.165, 1.54) is 0 Å². The van der Waals surface area contributed by atoms with E-state index in [2.05, 4.69) is 33.5 Å². The highest BCUT2D eigenvalue weighted by molar-refractivity contribution is 14.0. The molecule has 4 N–H and O–H groups in total. The van der Waals surface area contributed by atoms with Gasteiger partial charge in [-0.05, 0) is 69.9 Å². The molecular formula is C21H36IN5O2. The highest BCUT2D eigenvalue weighted by Gasteiger charge is 2.22. The van der Waals surface area contributed by atoms with Crippen LogP contribution in [0.3, 0.4) is 0 Å². The maximum atomic E-state index is 11.2. The van der Waals surface area contributed by atoms with Crippen molar-refractivity contribution in [3.05, 3.63) is 29.8 Å². The molecule has 0 unspecified atom stereocenters. The monoisotopic (exact) mass is 517 g/mol. The predicted molar refractivity (Wildman–Crippen MR) is 129 cm³/mol. The molecule has 29 heavy (non-hydrogen) atoms. The molecule has 0 bridgehead atoms. The van der Waals surface area contributed by atoms with Crippen LogP contribution >= 0.6 is 24.0 Å². The second-order valence-electron chi connectivity index (χ2n) is 7.20. The highest BCUT2D eigenvalue weighted by atomic mass is 127. The summed E-state index contributed by atoms with van der Waals surface area (Å²) in [6.45, 7) is 7.43. The van der Waals surface area contributed by atoms with Crippen LogP contribution in [0.25, 0.3) is 0 Å². The molecule has 0 spiro atoms. The van der Waals surface area contributed by atoms with E-state index < -0.39 is 0 Å². The standard InChI is InChI=1S/C21H35N5O2.HI/c1-3-23-21(25-16-17-7-6-8-19(15-17)28-2)24-11-4-5-12-26-13-9-18(10-14-26)20(22)27;/h6-8,15,18H,3-5,9-14,16H2,1-2H3,(H2,22,27)(H2,23,24,25);1H. The molecule has 1 saturated heterocycles. The van der Waals surface area contributed by atoms with Gasteiger partial charge in [0.2, 0.25) is 5.91 Å². The normalized spacial score (nSPS) is 15.4. The van der Waals surface area contributed by atoms with Gasteiger partial charge >= 0.3 is 0 Å². The Bertz CT molecular complexity index is 633. The van der Waals surface area contributed by atoms with Gasteiger partial charge in [0.1, 0.15) is 5.75 Å². The summed E-state index contributed by atoms with van der Waals surface area (Å²) in [7, 11) is 1.67. The Hall–Kier alpha value is -1.55. The average molecular weight is 517 g/mol. The molecule has 1 aromatic rings. The van der Waals surface area contributed by atoms with E-state index in [1.54, 1.807) is 7.11 Å². The van der Waals surface area contributed by atoms with Gasteiger partial charge < -0.3 is 26.0 Å². The molecular weight excluding hydrogens is 481 g/mol. The molecule has 1 aliphatic rings. The van der Waals surface area contributed by atoms with Crippen molar-refractivity contribution in [1.82, 2.24) is 15.5 Å². The lowest BCUT2D eigenvalue weighted by Gasteiger charge is -2.30. The first-order valence-electron chi connectivity index (χ1n) is 10.3. The first-order chi connectivity index (χ1) is 13.6. The topological polar surface area (TPSA) is 92.0 Å². The number of unbranched alkanes of at least 4 members (excludes halogenated alkanes) is 1. The van der Waals surface area contributed by atoms with Crippen LogP contribution in [-0.4, -0.2) is 56.6 Å². The third-order valence-electron chi connectivity index (χ3n) is 5.08. The molecule has 0 aliphatic carbocycles. The lowest BCUT2D eigenvalue weighted by atomic mass is 9.96. The number of hydrogen-bond acceptors (Lipinski definition) is 4. The molecule has 1 aromatic carbocycles. The first-order valence-corrected chi connectivity index (χ1v) is 10.3. The van der Waals surface area contributed by atoms with E-state index >= 15 is 0 Å². The Morgan fingerprint density at radius 3 is 2.69 bits per heavy atom. The fraction of sp³-hybridized carbons (Fsp3) is 0.619. The van der Waals surface area contributed by atoms with E-state index in [-0.39, 0.29) is 35.8 Å². The number of likely N-dealkylation sites (tertiary alicyclic amines) is 1. The number of guanidine groups is 1. The second-order valence-corrected chi connectivity index (χ2v) is 7.20. The number of halogens is 1. The zero-order valence-electron chi connectivity index (χ0n) is 17.7. The number of rotatable bonds is 10. The van der Waals surface area contributed by atoms with Crippen molar-refractivity contribution in [3.8, 4) is 5.75 Å². The molecule has 1 heterocycles. The smallest absolute Gasteiger partial charge is 0.220 e. The minimum atomic E-state index is -0.145. The van der Waals surface area contributed by atoms with Gasteiger partial charge in [0.15, 0.2) is 5.96 Å². The SMILES string of the molecule is CCNC(=NCc1cccc(OC)c1)NCCCCN1CCC(C(N)=O)CC1.I. The van der Waals surface area contributed by atoms with Gasteiger partial charge in [0.05, 0.1) is 13.7 Å². The van der Waals surface area contributed by atoms with Crippen LogP contribution in [0.4, 0.5) is 0 Å². The van der Waals surface area contributed by atoms with Crippen molar-refractivity contribution in [2.75, 3.05) is 39.8 Å². The molecule has 7 nitrogen and oxygen atoms in total. The van der Waals surface area contributed by atoms with E-state index in [0.717, 1.165) is 75.7 Å². The predicted octanol–water partition coefficient (Wildman–Crippen LogP) is 2.35. The van der Waals surface area contributed by atoms with Crippen LogP contribution in [0.5, 0.6) is 5.75 Å². The fourth-order valence-corrected chi connectivity index (χ4v) is 3.39. The van der Waals surface area contributed by atoms with Gasteiger partial charge in [0.25, 0.3) is 0 Å². The number of benzene rings is 1. The van der Waals surface area contributed by atoms with Crippen molar-refractivity contribution in [3.63, 3.8) is 0 Å². The Morgan fingerprint density at radius 1 is 1.28 bits per heavy atom. The van der Waals surface area contributed by atoms with Crippen LogP contribution in [-0.2, 0) is 11.3 Å². The number of primary amides is 1. The summed E-state index contributed by atoms with van der Waals surface area (Å²) in [5.74, 6) is 1.62. The van der Waals surface area contributed by atoms with E-state index in [0.29, 0.717) is 6.54 Å². The molecule has 1 amide bonds. The van der Waals surface area contributed by atoms with Crippen molar-refractivity contribution in [1.29, 1.82) is 0 Å². The number of carbonyl (C=O) groups is 1. The van der Waals surface area contributed by atoms with Gasteiger partial charge in [-0.2, -0.15) is 0 Å². The Kier molecular flexibility index (Phi) is 12.7. The van der Waals surface area contributed by atoms with Crippen LogP contribution in [0.15, 0.2) is 29.3 Å². The number of nitrogens with zero attached hydrogens (tertiary/aromatic N) is 2. The molecule has 0 atom stereocenters. The highest BCUT2D eigenvalue weighted by Crippen LogP contribution is 2.16. The van der Waals surface area contributed by atoms with Crippen LogP contribution in [0.2, 0.25) is 0 Å². The molecule has 0 radical (unpaired) electrons. The van der Waals surface area contributed by atoms with Crippen molar-refractivity contribution >= 4 is 35.8 Å². The zero-order chi connectivity index (χ0) is 20.2. The lowest BCUT2D eigenvalue weighted by Crippen LogP contribution is -2.39. The second kappa shape index (κ2) is 14.4. The largest absolute Gasteiger partial charge is 0.497 e. The molecule has 0 saturated carbocycles. The van der Waals surface area contributed by atoms with Gasteiger partial charge in [0, 0.05) is 19.0 Å². The Labute approximate surface area is 191 Å². The van der Waals surface area contributed by atoms with E-state index in [1.807, 2.05) is 18.2 Å². The van der Waals surface area contributed by atoms with Crippen molar-refractivity contribution in [2.45, 2.75) is 39.2 Å². The maximum Gasteiger partial charge on any atom is 0.220 e. The summed E-state index contributed by atoms with van der Waals surface area (Å²) in [4.78, 5) is 18.3. The first kappa shape index (κ1) is 25.5. The summed E-state index contributed by atoms with van der Waals surface area (Å²) < 4.78 is 5.26. The third kappa shape index (κ3) is 9.66. The molecule has 2 rings (SSSR count). The Morgan fingerprint density at radius 2 is 2.03 bits per heavy atom. The molecule has 8 heteroatoms. The third-order valence-corrected chi connectivity index (χ3v) is 5.08. The fourth-order valence-electron chi connectivity index (χ4n) is 3.39. The summed E-state index contributed by atoms with van der Waals surface area (Å²) >= 11 is 0. The quantitative estimate of drug-likeness (QED) is 0.192. The van der Waals surface area contributed by atoms with Gasteiger partial charge in [-0.25, -0.2) is 4.99 Å². The average Bonchev–Trinajstić information content (AvgIpc) is 2.72. The van der Waals surface area contributed by atoms with Gasteiger partial charge in [-0.1, -0.05) is 12.1 Å². The number of nitrogens with one attached hydrogen (secondary N) is 2. The zero-order valence-corrected chi connectivity index (χ0v) is 20.0. The number of aliphatic imine (C=N–C) groups is 1. The number of nitrogens with two attached hydrogens (primary N) is 1. The van der Waals surface area contributed by atoms with Crippen LogP contribution < -0.4 is 21.1 Å². The summed E-state index contributed by atoms with van der Waals surface area (Å²) in [6.07, 6.45) is 4.01. The van der Waals surface area contributed by atoms with E-state index in [4.69, 9.17) is 10.5 Å². The molecule has 1 fully saturated rings.